The zero-order valence-electron chi connectivity index (χ0n) is 12.9. The zero-order chi connectivity index (χ0) is 19.2. The third-order valence-corrected chi connectivity index (χ3v) is 4.06. The number of carbonyl (C=O) groups is 1. The van der Waals surface area contributed by atoms with Gasteiger partial charge in [-0.1, -0.05) is 12.1 Å². The lowest BCUT2D eigenvalue weighted by Gasteiger charge is -2.18. The number of nitrogens with zero attached hydrogens (tertiary/aromatic N) is 2. The van der Waals surface area contributed by atoms with Crippen molar-refractivity contribution in [1.82, 2.24) is 0 Å². The first-order valence-corrected chi connectivity index (χ1v) is 7.33. The highest BCUT2D eigenvalue weighted by Crippen LogP contribution is 2.48. The van der Waals surface area contributed by atoms with Crippen LogP contribution in [0.4, 0.5) is 27.6 Å². The Hall–Kier alpha value is -2.75. The third-order valence-electron chi connectivity index (χ3n) is 4.06. The molecule has 1 aromatic carbocycles. The molecule has 2 aromatic rings. The number of halogens is 5. The minimum Gasteiger partial charge on any atom is -0.382 e. The van der Waals surface area contributed by atoms with E-state index in [9.17, 15) is 31.9 Å². The second kappa shape index (κ2) is 6.20. The summed E-state index contributed by atoms with van der Waals surface area (Å²) in [6, 6.07) is 4.21. The van der Waals surface area contributed by atoms with Gasteiger partial charge >= 0.3 is 11.8 Å². The lowest BCUT2D eigenvalue weighted by atomic mass is 9.98. The van der Waals surface area contributed by atoms with Gasteiger partial charge in [-0.25, -0.2) is 8.78 Å². The quantitative estimate of drug-likeness (QED) is 0.490. The second-order valence-corrected chi connectivity index (χ2v) is 5.68. The summed E-state index contributed by atoms with van der Waals surface area (Å²) in [5.41, 5.74) is -2.35. The van der Waals surface area contributed by atoms with Crippen LogP contribution >= 0.6 is 0 Å². The number of alkyl halides is 4. The molecule has 5 nitrogen and oxygen atoms in total. The van der Waals surface area contributed by atoms with Gasteiger partial charge in [0, 0.05) is 16.4 Å². The third kappa shape index (κ3) is 2.75. The molecule has 26 heavy (non-hydrogen) atoms. The highest BCUT2D eigenvalue weighted by molar-refractivity contribution is 6.06. The summed E-state index contributed by atoms with van der Waals surface area (Å²) in [4.78, 5) is 12.7. The zero-order valence-corrected chi connectivity index (χ0v) is 12.9. The molecule has 1 aliphatic rings. The van der Waals surface area contributed by atoms with E-state index in [0.717, 1.165) is 30.5 Å². The van der Waals surface area contributed by atoms with Gasteiger partial charge in [-0.2, -0.15) is 13.2 Å². The van der Waals surface area contributed by atoms with Crippen molar-refractivity contribution in [1.29, 1.82) is 0 Å². The van der Waals surface area contributed by atoms with Crippen LogP contribution in [0.25, 0.3) is 0 Å². The average molecular weight is 375 g/mol. The molecule has 138 valence electrons. The molecule has 0 fully saturated rings. The molecule has 0 unspecified atom stereocenters. The fraction of sp³-hybridized carbons (Fsp3) is 0.250. The first kappa shape index (κ1) is 18.1. The van der Waals surface area contributed by atoms with Gasteiger partial charge in [0.1, 0.15) is 6.10 Å². The number of carbonyl (C=O) groups excluding carboxylic acids is 1. The predicted molar refractivity (Wildman–Crippen MR) is 76.3 cm³/mol. The Morgan fingerprint density at radius 3 is 2.54 bits per heavy atom. The van der Waals surface area contributed by atoms with Crippen LogP contribution in [0.15, 0.2) is 36.7 Å². The van der Waals surface area contributed by atoms with Crippen LogP contribution in [0.3, 0.4) is 0 Å². The van der Waals surface area contributed by atoms with Gasteiger partial charge in [0.15, 0.2) is 5.82 Å². The number of fused-ring (bicyclic) bond motifs is 1. The second-order valence-electron chi connectivity index (χ2n) is 5.68. The number of rotatable bonds is 4. The standard InChI is InChI=1S/C16H12F5N2O3/c17-10-7-22(26)5-4-8(10)6-23-11-3-1-2-9(13(24)14(18)19)12(11)16(20,21)15(23)25/h1-5,7,13-14,24,26H,6H2/q+1/t13-/m1/s1. The Bertz CT molecular complexity index is 875. The summed E-state index contributed by atoms with van der Waals surface area (Å²) in [5.74, 6) is -6.82. The number of anilines is 1. The number of hydrogen-bond acceptors (Lipinski definition) is 3. The van der Waals surface area contributed by atoms with E-state index in [-0.39, 0.29) is 5.56 Å². The summed E-state index contributed by atoms with van der Waals surface area (Å²) >= 11 is 0. The van der Waals surface area contributed by atoms with Crippen molar-refractivity contribution < 1.29 is 41.8 Å². The summed E-state index contributed by atoms with van der Waals surface area (Å²) in [6.45, 7) is -0.609. The van der Waals surface area contributed by atoms with Crippen LogP contribution in [0.2, 0.25) is 0 Å². The van der Waals surface area contributed by atoms with E-state index < -0.39 is 53.5 Å². The number of aliphatic hydroxyl groups excluding tert-OH is 1. The summed E-state index contributed by atoms with van der Waals surface area (Å²) in [5, 5.41) is 18.6. The highest BCUT2D eigenvalue weighted by Gasteiger charge is 2.55. The molecule has 0 radical (unpaired) electrons. The van der Waals surface area contributed by atoms with E-state index in [4.69, 9.17) is 5.21 Å². The van der Waals surface area contributed by atoms with E-state index in [1.807, 2.05) is 0 Å². The molecule has 2 heterocycles. The van der Waals surface area contributed by atoms with Crippen molar-refractivity contribution in [3.05, 3.63) is 59.2 Å². The molecule has 0 spiro atoms. The number of aliphatic hydroxyl groups is 1. The maximum absolute atomic E-state index is 14.4. The monoisotopic (exact) mass is 375 g/mol. The van der Waals surface area contributed by atoms with Crippen molar-refractivity contribution in [3.8, 4) is 0 Å². The maximum atomic E-state index is 14.4. The number of amides is 1. The summed E-state index contributed by atoms with van der Waals surface area (Å²) in [7, 11) is 0. The van der Waals surface area contributed by atoms with Crippen molar-refractivity contribution >= 4 is 11.6 Å². The van der Waals surface area contributed by atoms with Gasteiger partial charge in [0.2, 0.25) is 6.20 Å². The Morgan fingerprint density at radius 1 is 1.23 bits per heavy atom. The molecule has 10 heteroatoms. The highest BCUT2D eigenvalue weighted by atomic mass is 19.3. The first-order valence-electron chi connectivity index (χ1n) is 7.33. The first-order chi connectivity index (χ1) is 12.1. The van der Waals surface area contributed by atoms with Crippen LogP contribution in [0.1, 0.15) is 22.8 Å². The van der Waals surface area contributed by atoms with Crippen molar-refractivity contribution in [2.45, 2.75) is 25.0 Å². The van der Waals surface area contributed by atoms with Gasteiger partial charge in [0.05, 0.1) is 17.8 Å². The number of benzene rings is 1. The van der Waals surface area contributed by atoms with Crippen molar-refractivity contribution in [2.75, 3.05) is 4.90 Å². The Balaban J connectivity index is 2.09. The Morgan fingerprint density at radius 2 is 1.92 bits per heavy atom. The van der Waals surface area contributed by atoms with Gasteiger partial charge in [-0.3, -0.25) is 10.0 Å². The van der Waals surface area contributed by atoms with Gasteiger partial charge < -0.3 is 10.0 Å². The molecule has 0 saturated carbocycles. The SMILES string of the molecule is O=C1N(Cc2cc[n+](O)cc2F)c2cccc([C@@H](O)C(F)F)c2C1(F)F. The molecule has 1 atom stereocenters. The minimum absolute atomic E-state index is 0.174. The maximum Gasteiger partial charge on any atom is 0.352 e. The topological polar surface area (TPSA) is 64.7 Å². The molecular weight excluding hydrogens is 363 g/mol. The minimum atomic E-state index is -4.15. The van der Waals surface area contributed by atoms with Crippen molar-refractivity contribution in [2.24, 2.45) is 0 Å². The van der Waals surface area contributed by atoms with Gasteiger partial charge in [0.25, 0.3) is 12.6 Å². The number of pyridine rings is 1. The van der Waals surface area contributed by atoms with Gasteiger partial charge in [-0.05, 0) is 11.6 Å². The van der Waals surface area contributed by atoms with Crippen LogP contribution in [0, 0.1) is 5.82 Å². The van der Waals surface area contributed by atoms with Crippen LogP contribution in [-0.2, 0) is 17.3 Å². The molecule has 3 rings (SSSR count). The molecule has 0 saturated heterocycles. The lowest BCUT2D eigenvalue weighted by Crippen LogP contribution is -2.35. The molecule has 1 aromatic heterocycles. The van der Waals surface area contributed by atoms with Gasteiger partial charge in [-0.15, -0.1) is 0 Å². The molecule has 2 N–H and O–H groups in total. The molecule has 1 amide bonds. The number of aromatic nitrogens is 1. The average Bonchev–Trinajstić information content (AvgIpc) is 2.77. The Labute approximate surface area is 143 Å². The van der Waals surface area contributed by atoms with E-state index in [1.54, 1.807) is 0 Å². The van der Waals surface area contributed by atoms with Crippen molar-refractivity contribution in [3.63, 3.8) is 0 Å². The molecular formula is C16H12F5N2O3+. The van der Waals surface area contributed by atoms with E-state index in [1.165, 1.54) is 0 Å². The van der Waals surface area contributed by atoms with Crippen LogP contribution < -0.4 is 9.63 Å². The van der Waals surface area contributed by atoms with E-state index >= 15 is 0 Å². The molecule has 0 aliphatic carbocycles. The Kier molecular flexibility index (Phi) is 4.31. The number of hydrogen-bond donors (Lipinski definition) is 2. The molecule has 1 aliphatic heterocycles. The fourth-order valence-electron chi connectivity index (χ4n) is 2.84. The van der Waals surface area contributed by atoms with Crippen LogP contribution in [-0.4, -0.2) is 22.6 Å². The predicted octanol–water partition coefficient (Wildman–Crippen LogP) is 2.29. The lowest BCUT2D eigenvalue weighted by molar-refractivity contribution is -0.905. The van der Waals surface area contributed by atoms with E-state index in [2.05, 4.69) is 0 Å². The van der Waals surface area contributed by atoms with E-state index in [0.29, 0.717) is 15.8 Å². The molecule has 0 bridgehead atoms. The summed E-state index contributed by atoms with van der Waals surface area (Å²) in [6.07, 6.45) is -4.11. The normalized spacial score (nSPS) is 16.9. The van der Waals surface area contributed by atoms with Crippen LogP contribution in [0.5, 0.6) is 0 Å². The largest absolute Gasteiger partial charge is 0.382 e. The fourth-order valence-corrected chi connectivity index (χ4v) is 2.84. The smallest absolute Gasteiger partial charge is 0.352 e. The summed E-state index contributed by atoms with van der Waals surface area (Å²) < 4.78 is 68.8.